The molecule has 0 bridgehead atoms. The van der Waals surface area contributed by atoms with E-state index >= 15 is 0 Å². The van der Waals surface area contributed by atoms with Crippen molar-refractivity contribution in [3.63, 3.8) is 0 Å². The van der Waals surface area contributed by atoms with Crippen LogP contribution in [0, 0.1) is 6.92 Å². The van der Waals surface area contributed by atoms with Crippen molar-refractivity contribution >= 4 is 0 Å². The molecule has 1 atom stereocenters. The molecule has 1 aliphatic rings. The van der Waals surface area contributed by atoms with Gasteiger partial charge in [0.05, 0.1) is 6.54 Å². The lowest BCUT2D eigenvalue weighted by Gasteiger charge is -2.29. The summed E-state index contributed by atoms with van der Waals surface area (Å²) in [6.45, 7) is 4.73. The molecule has 5 nitrogen and oxygen atoms in total. The van der Waals surface area contributed by atoms with Crippen LogP contribution in [0.25, 0.3) is 11.5 Å². The highest BCUT2D eigenvalue weighted by atomic mass is 16.5. The molecule has 0 spiro atoms. The molecule has 1 fully saturated rings. The average molecular weight is 272 g/mol. The molecular formula is C15H20N4O. The summed E-state index contributed by atoms with van der Waals surface area (Å²) in [4.78, 5) is 6.77. The van der Waals surface area contributed by atoms with Crippen LogP contribution in [0.1, 0.15) is 24.2 Å². The molecule has 1 unspecified atom stereocenters. The molecule has 0 amide bonds. The van der Waals surface area contributed by atoms with Gasteiger partial charge in [0.25, 0.3) is 5.89 Å². The Kier molecular flexibility index (Phi) is 3.80. The number of rotatable bonds is 3. The first kappa shape index (κ1) is 13.3. The van der Waals surface area contributed by atoms with Crippen molar-refractivity contribution in [1.82, 2.24) is 15.0 Å². The van der Waals surface area contributed by atoms with Gasteiger partial charge < -0.3 is 10.3 Å². The van der Waals surface area contributed by atoms with Crippen LogP contribution in [0.2, 0.25) is 0 Å². The summed E-state index contributed by atoms with van der Waals surface area (Å²) < 4.78 is 5.36. The molecule has 1 saturated heterocycles. The van der Waals surface area contributed by atoms with E-state index in [1.54, 1.807) is 0 Å². The van der Waals surface area contributed by atoms with Gasteiger partial charge in [0.15, 0.2) is 5.82 Å². The molecule has 106 valence electrons. The molecule has 2 aromatic rings. The third-order valence-electron chi connectivity index (χ3n) is 3.64. The summed E-state index contributed by atoms with van der Waals surface area (Å²) in [6.07, 6.45) is 2.25. The van der Waals surface area contributed by atoms with E-state index in [2.05, 4.69) is 28.0 Å². The Hall–Kier alpha value is -1.72. The highest BCUT2D eigenvalue weighted by Gasteiger charge is 2.19. The van der Waals surface area contributed by atoms with Crippen molar-refractivity contribution in [3.8, 4) is 11.5 Å². The lowest BCUT2D eigenvalue weighted by Crippen LogP contribution is -2.42. The van der Waals surface area contributed by atoms with Crippen LogP contribution in [0.3, 0.4) is 0 Å². The van der Waals surface area contributed by atoms with Crippen LogP contribution >= 0.6 is 0 Å². The summed E-state index contributed by atoms with van der Waals surface area (Å²) in [5.74, 6) is 1.32. The number of aryl methyl sites for hydroxylation is 1. The van der Waals surface area contributed by atoms with E-state index in [-0.39, 0.29) is 6.04 Å². The van der Waals surface area contributed by atoms with Gasteiger partial charge in [0.1, 0.15) is 0 Å². The Bertz CT molecular complexity index is 581. The molecule has 1 aliphatic heterocycles. The fourth-order valence-electron chi connectivity index (χ4n) is 2.65. The van der Waals surface area contributed by atoms with Gasteiger partial charge in [0.2, 0.25) is 0 Å². The van der Waals surface area contributed by atoms with Crippen molar-refractivity contribution in [2.24, 2.45) is 5.73 Å². The van der Waals surface area contributed by atoms with E-state index < -0.39 is 0 Å². The largest absolute Gasteiger partial charge is 0.334 e. The maximum atomic E-state index is 5.99. The van der Waals surface area contributed by atoms with E-state index in [4.69, 9.17) is 10.3 Å². The summed E-state index contributed by atoms with van der Waals surface area (Å²) in [6, 6.07) is 8.36. The first-order chi connectivity index (χ1) is 9.70. The minimum absolute atomic E-state index is 0.270. The fourth-order valence-corrected chi connectivity index (χ4v) is 2.65. The van der Waals surface area contributed by atoms with Crippen molar-refractivity contribution in [3.05, 3.63) is 35.7 Å². The lowest BCUT2D eigenvalue weighted by molar-refractivity contribution is 0.195. The number of hydrogen-bond acceptors (Lipinski definition) is 5. The van der Waals surface area contributed by atoms with Crippen molar-refractivity contribution < 1.29 is 4.52 Å². The number of nitrogens with zero attached hydrogens (tertiary/aromatic N) is 3. The Morgan fingerprint density at radius 3 is 3.15 bits per heavy atom. The zero-order valence-corrected chi connectivity index (χ0v) is 11.7. The number of nitrogens with two attached hydrogens (primary N) is 1. The van der Waals surface area contributed by atoms with Gasteiger partial charge >= 0.3 is 0 Å². The Morgan fingerprint density at radius 2 is 2.35 bits per heavy atom. The van der Waals surface area contributed by atoms with E-state index in [0.717, 1.165) is 37.3 Å². The van der Waals surface area contributed by atoms with Crippen LogP contribution < -0.4 is 5.73 Å². The second-order valence-electron chi connectivity index (χ2n) is 5.52. The fraction of sp³-hybridized carbons (Fsp3) is 0.467. The molecule has 0 aliphatic carbocycles. The van der Waals surface area contributed by atoms with Gasteiger partial charge in [-0.15, -0.1) is 0 Å². The van der Waals surface area contributed by atoms with Gasteiger partial charge in [-0.2, -0.15) is 4.98 Å². The zero-order chi connectivity index (χ0) is 13.9. The normalized spacial score (nSPS) is 20.2. The molecule has 2 N–H and O–H groups in total. The molecule has 20 heavy (non-hydrogen) atoms. The van der Waals surface area contributed by atoms with Crippen LogP contribution in [-0.2, 0) is 6.54 Å². The van der Waals surface area contributed by atoms with Gasteiger partial charge in [-0.25, -0.2) is 0 Å². The highest BCUT2D eigenvalue weighted by Crippen LogP contribution is 2.19. The third kappa shape index (κ3) is 3.05. The smallest absolute Gasteiger partial charge is 0.257 e. The molecular weight excluding hydrogens is 252 g/mol. The van der Waals surface area contributed by atoms with Crippen LogP contribution in [0.15, 0.2) is 28.8 Å². The number of aromatic nitrogens is 2. The maximum absolute atomic E-state index is 5.99. The standard InChI is InChI=1S/C15H20N4O/c1-11-4-2-5-12(8-11)15-17-14(18-20-15)10-19-7-3-6-13(16)9-19/h2,4-5,8,13H,3,6-7,9-10,16H2,1H3. The average Bonchev–Trinajstić information content (AvgIpc) is 2.87. The zero-order valence-electron chi connectivity index (χ0n) is 11.7. The quantitative estimate of drug-likeness (QED) is 0.925. The molecule has 3 rings (SSSR count). The SMILES string of the molecule is Cc1cccc(-c2nc(CN3CCCC(N)C3)no2)c1. The molecule has 0 saturated carbocycles. The molecule has 0 radical (unpaired) electrons. The van der Waals surface area contributed by atoms with Crippen molar-refractivity contribution in [2.45, 2.75) is 32.4 Å². The summed E-state index contributed by atoms with van der Waals surface area (Å²) in [5.41, 5.74) is 8.14. The first-order valence-corrected chi connectivity index (χ1v) is 7.08. The minimum Gasteiger partial charge on any atom is -0.334 e. The summed E-state index contributed by atoms with van der Waals surface area (Å²) in [7, 11) is 0. The Balaban J connectivity index is 1.70. The Morgan fingerprint density at radius 1 is 1.45 bits per heavy atom. The van der Waals surface area contributed by atoms with E-state index in [1.807, 2.05) is 18.2 Å². The lowest BCUT2D eigenvalue weighted by atomic mass is 10.1. The van der Waals surface area contributed by atoms with Crippen LogP contribution in [0.5, 0.6) is 0 Å². The maximum Gasteiger partial charge on any atom is 0.257 e. The van der Waals surface area contributed by atoms with E-state index in [9.17, 15) is 0 Å². The first-order valence-electron chi connectivity index (χ1n) is 7.08. The second-order valence-corrected chi connectivity index (χ2v) is 5.52. The molecule has 1 aromatic carbocycles. The monoisotopic (exact) mass is 272 g/mol. The van der Waals surface area contributed by atoms with Crippen molar-refractivity contribution in [2.75, 3.05) is 13.1 Å². The topological polar surface area (TPSA) is 68.2 Å². The number of benzene rings is 1. The summed E-state index contributed by atoms with van der Waals surface area (Å²) in [5, 5.41) is 4.07. The highest BCUT2D eigenvalue weighted by molar-refractivity contribution is 5.53. The predicted molar refractivity (Wildman–Crippen MR) is 77.0 cm³/mol. The molecule has 1 aromatic heterocycles. The van der Waals surface area contributed by atoms with Crippen LogP contribution in [-0.4, -0.2) is 34.2 Å². The van der Waals surface area contributed by atoms with Gasteiger partial charge in [-0.3, -0.25) is 4.90 Å². The molecule has 2 heterocycles. The van der Waals surface area contributed by atoms with Gasteiger partial charge in [0, 0.05) is 18.2 Å². The number of likely N-dealkylation sites (tertiary alicyclic amines) is 1. The molecule has 5 heteroatoms. The van der Waals surface area contributed by atoms with E-state index in [0.29, 0.717) is 12.4 Å². The van der Waals surface area contributed by atoms with Crippen molar-refractivity contribution in [1.29, 1.82) is 0 Å². The summed E-state index contributed by atoms with van der Waals surface area (Å²) >= 11 is 0. The Labute approximate surface area is 118 Å². The van der Waals surface area contributed by atoms with Gasteiger partial charge in [-0.05, 0) is 38.4 Å². The second kappa shape index (κ2) is 5.73. The number of hydrogen-bond donors (Lipinski definition) is 1. The number of piperidine rings is 1. The minimum atomic E-state index is 0.270. The predicted octanol–water partition coefficient (Wildman–Crippen LogP) is 1.97. The third-order valence-corrected chi connectivity index (χ3v) is 3.64. The van der Waals surface area contributed by atoms with Crippen LogP contribution in [0.4, 0.5) is 0 Å². The van der Waals surface area contributed by atoms with Gasteiger partial charge in [-0.1, -0.05) is 22.9 Å². The van der Waals surface area contributed by atoms with E-state index in [1.165, 1.54) is 5.56 Å².